The molecule has 1 unspecified atom stereocenters. The van der Waals surface area contributed by atoms with Gasteiger partial charge >= 0.3 is 0 Å². The van der Waals surface area contributed by atoms with Gasteiger partial charge in [0, 0.05) is 23.8 Å². The van der Waals surface area contributed by atoms with E-state index in [1.807, 2.05) is 11.8 Å². The molecule has 18 heavy (non-hydrogen) atoms. The van der Waals surface area contributed by atoms with Gasteiger partial charge in [-0.3, -0.25) is 0 Å². The van der Waals surface area contributed by atoms with Crippen molar-refractivity contribution in [1.82, 2.24) is 5.32 Å². The topological polar surface area (TPSA) is 21.3 Å². The molecule has 0 radical (unpaired) electrons. The van der Waals surface area contributed by atoms with Gasteiger partial charge in [0.25, 0.3) is 0 Å². The number of para-hydroxylation sites is 1. The Labute approximate surface area is 114 Å². The highest BCUT2D eigenvalue weighted by Crippen LogP contribution is 2.35. The van der Waals surface area contributed by atoms with Crippen molar-refractivity contribution < 1.29 is 4.74 Å². The summed E-state index contributed by atoms with van der Waals surface area (Å²) >= 11 is 2.00. The van der Waals surface area contributed by atoms with Gasteiger partial charge in [0.2, 0.25) is 0 Å². The predicted molar refractivity (Wildman–Crippen MR) is 79.7 cm³/mol. The molecule has 1 aliphatic heterocycles. The van der Waals surface area contributed by atoms with Crippen molar-refractivity contribution in [2.75, 3.05) is 18.9 Å². The van der Waals surface area contributed by atoms with Crippen LogP contribution in [0, 0.1) is 0 Å². The average Bonchev–Trinajstić information content (AvgIpc) is 2.82. The van der Waals surface area contributed by atoms with Gasteiger partial charge in [-0.05, 0) is 17.4 Å². The van der Waals surface area contributed by atoms with Gasteiger partial charge in [-0.1, -0.05) is 39.0 Å². The van der Waals surface area contributed by atoms with E-state index < -0.39 is 0 Å². The Kier molecular flexibility index (Phi) is 4.95. The Morgan fingerprint density at radius 1 is 1.39 bits per heavy atom. The molecule has 1 heterocycles. The van der Waals surface area contributed by atoms with Gasteiger partial charge in [0.1, 0.15) is 5.75 Å². The minimum absolute atomic E-state index is 0.399. The van der Waals surface area contributed by atoms with Crippen LogP contribution in [0.25, 0.3) is 0 Å². The second-order valence-corrected chi connectivity index (χ2v) is 6.54. The predicted octanol–water partition coefficient (Wildman–Crippen LogP) is 3.41. The van der Waals surface area contributed by atoms with Gasteiger partial charge in [-0.15, -0.1) is 0 Å². The minimum atomic E-state index is 0.399. The van der Waals surface area contributed by atoms with Crippen LogP contribution in [0.1, 0.15) is 37.9 Å². The summed E-state index contributed by atoms with van der Waals surface area (Å²) in [5.41, 5.74) is 2.70. The standard InChI is InChI=1S/C15H23NOS/c1-4-16-14(10-18-11(2)3)13-7-5-6-12-8-9-17-15(12)13/h5-7,11,14,16H,4,8-10H2,1-3H3. The molecule has 1 atom stereocenters. The van der Waals surface area contributed by atoms with Crippen molar-refractivity contribution in [2.45, 2.75) is 38.5 Å². The molecule has 0 aromatic heterocycles. The van der Waals surface area contributed by atoms with Crippen molar-refractivity contribution in [3.63, 3.8) is 0 Å². The SMILES string of the molecule is CCNC(CSC(C)C)c1cccc2c1OCC2. The summed E-state index contributed by atoms with van der Waals surface area (Å²) in [7, 11) is 0. The number of thioether (sulfide) groups is 1. The lowest BCUT2D eigenvalue weighted by Crippen LogP contribution is -2.24. The van der Waals surface area contributed by atoms with Crippen molar-refractivity contribution >= 4 is 11.8 Å². The number of hydrogen-bond acceptors (Lipinski definition) is 3. The smallest absolute Gasteiger partial charge is 0.127 e. The highest BCUT2D eigenvalue weighted by molar-refractivity contribution is 7.99. The van der Waals surface area contributed by atoms with Crippen LogP contribution in [-0.4, -0.2) is 24.2 Å². The van der Waals surface area contributed by atoms with Crippen LogP contribution in [0.4, 0.5) is 0 Å². The average molecular weight is 265 g/mol. The zero-order valence-electron chi connectivity index (χ0n) is 11.5. The Bertz CT molecular complexity index is 392. The molecule has 0 amide bonds. The lowest BCUT2D eigenvalue weighted by atomic mass is 10.0. The number of hydrogen-bond donors (Lipinski definition) is 1. The van der Waals surface area contributed by atoms with E-state index in [1.165, 1.54) is 11.1 Å². The third-order valence-corrected chi connectivity index (χ3v) is 4.36. The third kappa shape index (κ3) is 3.21. The molecule has 1 aromatic rings. The van der Waals surface area contributed by atoms with Gasteiger partial charge in [0.05, 0.1) is 6.61 Å². The first-order valence-electron chi connectivity index (χ1n) is 6.82. The monoisotopic (exact) mass is 265 g/mol. The first-order valence-corrected chi connectivity index (χ1v) is 7.86. The molecule has 0 saturated carbocycles. The van der Waals surface area contributed by atoms with E-state index in [-0.39, 0.29) is 0 Å². The van der Waals surface area contributed by atoms with Gasteiger partial charge < -0.3 is 10.1 Å². The van der Waals surface area contributed by atoms with Crippen LogP contribution in [0.3, 0.4) is 0 Å². The molecule has 100 valence electrons. The summed E-state index contributed by atoms with van der Waals surface area (Å²) in [6.45, 7) is 8.49. The van der Waals surface area contributed by atoms with Gasteiger partial charge in [-0.2, -0.15) is 11.8 Å². The van der Waals surface area contributed by atoms with Gasteiger partial charge in [0.15, 0.2) is 0 Å². The molecule has 0 spiro atoms. The lowest BCUT2D eigenvalue weighted by molar-refractivity contribution is 0.350. The van der Waals surface area contributed by atoms with E-state index in [0.717, 1.165) is 31.1 Å². The summed E-state index contributed by atoms with van der Waals surface area (Å²) in [5.74, 6) is 2.23. The van der Waals surface area contributed by atoms with Crippen LogP contribution in [0.5, 0.6) is 5.75 Å². The van der Waals surface area contributed by atoms with Crippen molar-refractivity contribution in [3.8, 4) is 5.75 Å². The number of fused-ring (bicyclic) bond motifs is 1. The molecule has 1 N–H and O–H groups in total. The molecule has 1 aliphatic rings. The van der Waals surface area contributed by atoms with Gasteiger partial charge in [-0.25, -0.2) is 0 Å². The summed E-state index contributed by atoms with van der Waals surface area (Å²) in [6, 6.07) is 6.95. The maximum atomic E-state index is 5.81. The molecule has 0 aliphatic carbocycles. The summed E-state index contributed by atoms with van der Waals surface area (Å²) in [5, 5.41) is 4.25. The highest BCUT2D eigenvalue weighted by Gasteiger charge is 2.21. The fourth-order valence-electron chi connectivity index (χ4n) is 2.31. The normalized spacial score (nSPS) is 15.6. The first-order chi connectivity index (χ1) is 8.72. The number of rotatable bonds is 6. The van der Waals surface area contributed by atoms with E-state index in [4.69, 9.17) is 4.74 Å². The minimum Gasteiger partial charge on any atom is -0.493 e. The molecule has 3 heteroatoms. The second kappa shape index (κ2) is 6.48. The van der Waals surface area contributed by atoms with Crippen molar-refractivity contribution in [3.05, 3.63) is 29.3 Å². The summed E-state index contributed by atoms with van der Waals surface area (Å²) in [4.78, 5) is 0. The van der Waals surface area contributed by atoms with Crippen LogP contribution < -0.4 is 10.1 Å². The van der Waals surface area contributed by atoms with E-state index >= 15 is 0 Å². The van der Waals surface area contributed by atoms with Crippen LogP contribution in [0.2, 0.25) is 0 Å². The number of nitrogens with one attached hydrogen (secondary N) is 1. The Hall–Kier alpha value is -0.670. The molecular formula is C15H23NOS. The second-order valence-electron chi connectivity index (χ2n) is 4.93. The fraction of sp³-hybridized carbons (Fsp3) is 0.600. The van der Waals surface area contributed by atoms with E-state index in [1.54, 1.807) is 0 Å². The molecule has 0 saturated heterocycles. The quantitative estimate of drug-likeness (QED) is 0.851. The Morgan fingerprint density at radius 2 is 2.22 bits per heavy atom. The molecule has 0 fully saturated rings. The number of benzene rings is 1. The molecule has 2 rings (SSSR count). The molecular weight excluding hydrogens is 242 g/mol. The zero-order chi connectivity index (χ0) is 13.0. The third-order valence-electron chi connectivity index (χ3n) is 3.17. The van der Waals surface area contributed by atoms with Crippen LogP contribution >= 0.6 is 11.8 Å². The van der Waals surface area contributed by atoms with E-state index in [2.05, 4.69) is 44.3 Å². The molecule has 1 aromatic carbocycles. The maximum absolute atomic E-state index is 5.81. The van der Waals surface area contributed by atoms with E-state index in [9.17, 15) is 0 Å². The Morgan fingerprint density at radius 3 is 2.94 bits per heavy atom. The maximum Gasteiger partial charge on any atom is 0.127 e. The molecule has 2 nitrogen and oxygen atoms in total. The highest BCUT2D eigenvalue weighted by atomic mass is 32.2. The first kappa shape index (κ1) is 13.8. The summed E-state index contributed by atoms with van der Waals surface area (Å²) < 4.78 is 5.81. The lowest BCUT2D eigenvalue weighted by Gasteiger charge is -2.21. The summed E-state index contributed by atoms with van der Waals surface area (Å²) in [6.07, 6.45) is 1.05. The Balaban J connectivity index is 2.17. The zero-order valence-corrected chi connectivity index (χ0v) is 12.3. The van der Waals surface area contributed by atoms with Crippen molar-refractivity contribution in [1.29, 1.82) is 0 Å². The molecule has 0 bridgehead atoms. The van der Waals surface area contributed by atoms with Crippen molar-refractivity contribution in [2.24, 2.45) is 0 Å². The van der Waals surface area contributed by atoms with Crippen LogP contribution in [0.15, 0.2) is 18.2 Å². The van der Waals surface area contributed by atoms with E-state index in [0.29, 0.717) is 11.3 Å². The fourth-order valence-corrected chi connectivity index (χ4v) is 3.18. The number of ether oxygens (including phenoxy) is 1. The van der Waals surface area contributed by atoms with Crippen LogP contribution in [-0.2, 0) is 6.42 Å². The largest absolute Gasteiger partial charge is 0.493 e.